The van der Waals surface area contributed by atoms with E-state index in [9.17, 15) is 19.8 Å². The number of hydrogen-bond acceptors (Lipinski definition) is 8. The normalized spacial score (nSPS) is 17.0. The summed E-state index contributed by atoms with van der Waals surface area (Å²) in [5.41, 5.74) is 0.915. The summed E-state index contributed by atoms with van der Waals surface area (Å²) >= 11 is 13.6. The molecular formula is C26H18Cl2N2O6S. The van der Waals surface area contributed by atoms with Gasteiger partial charge in [-0.1, -0.05) is 46.7 Å². The van der Waals surface area contributed by atoms with Crippen LogP contribution in [0.3, 0.4) is 0 Å². The number of ketones is 1. The van der Waals surface area contributed by atoms with E-state index in [1.54, 1.807) is 37.4 Å². The molecule has 0 spiro atoms. The summed E-state index contributed by atoms with van der Waals surface area (Å²) in [7, 11) is 2.90. The van der Waals surface area contributed by atoms with Crippen molar-refractivity contribution < 1.29 is 29.3 Å². The summed E-state index contributed by atoms with van der Waals surface area (Å²) in [6.07, 6.45) is 0. The molecule has 3 aromatic carbocycles. The highest BCUT2D eigenvalue weighted by Gasteiger charge is 2.48. The molecule has 1 atom stereocenters. The maximum absolute atomic E-state index is 13.4. The number of amides is 1. The average molecular weight is 557 g/mol. The van der Waals surface area contributed by atoms with Gasteiger partial charge in [-0.05, 0) is 48.0 Å². The van der Waals surface area contributed by atoms with Gasteiger partial charge in [-0.3, -0.25) is 14.5 Å². The summed E-state index contributed by atoms with van der Waals surface area (Å²) in [5, 5.41) is 21.8. The number of aliphatic hydroxyl groups is 1. The van der Waals surface area contributed by atoms with Crippen molar-refractivity contribution in [2.45, 2.75) is 6.04 Å². The Labute approximate surface area is 224 Å². The second-order valence-corrected chi connectivity index (χ2v) is 9.91. The summed E-state index contributed by atoms with van der Waals surface area (Å²) in [6.45, 7) is 0. The number of carbonyl (C=O) groups excluding carboxylic acids is 2. The number of carbonyl (C=O) groups is 2. The quantitative estimate of drug-likeness (QED) is 0.177. The topological polar surface area (TPSA) is 109 Å². The van der Waals surface area contributed by atoms with E-state index in [1.165, 1.54) is 47.6 Å². The molecule has 0 bridgehead atoms. The van der Waals surface area contributed by atoms with Crippen LogP contribution >= 0.6 is 34.5 Å². The zero-order chi connectivity index (χ0) is 26.4. The number of aliphatic hydroxyl groups excluding tert-OH is 1. The lowest BCUT2D eigenvalue weighted by Gasteiger charge is -2.23. The number of hydrogen-bond donors (Lipinski definition) is 2. The molecule has 1 fully saturated rings. The number of phenolic OH excluding ortho intramolecular Hbond substituents is 1. The SMILES string of the molecule is COc1ccc2nc(N3C(=O)C(=O)/C(=C(/O)c4cc(Cl)cc(Cl)c4OC)C3c3ccc(O)cc3)sc2c1. The fourth-order valence-corrected chi connectivity index (χ4v) is 5.80. The van der Waals surface area contributed by atoms with Gasteiger partial charge in [0.1, 0.15) is 23.0 Å². The van der Waals surface area contributed by atoms with Crippen LogP contribution in [-0.2, 0) is 9.59 Å². The Balaban J connectivity index is 1.76. The number of anilines is 1. The molecule has 0 radical (unpaired) electrons. The molecule has 1 saturated heterocycles. The Kier molecular flexibility index (Phi) is 6.45. The van der Waals surface area contributed by atoms with Gasteiger partial charge < -0.3 is 19.7 Å². The third-order valence-corrected chi connectivity index (χ3v) is 7.43. The smallest absolute Gasteiger partial charge is 0.301 e. The number of Topliss-reactive ketones (excluding diaryl/α,β-unsaturated/α-hetero) is 1. The van der Waals surface area contributed by atoms with Crippen LogP contribution in [0.5, 0.6) is 17.2 Å². The maximum atomic E-state index is 13.4. The minimum absolute atomic E-state index is 0.00363. The van der Waals surface area contributed by atoms with Crippen molar-refractivity contribution in [2.24, 2.45) is 0 Å². The number of fused-ring (bicyclic) bond motifs is 1. The van der Waals surface area contributed by atoms with Crippen LogP contribution in [0.1, 0.15) is 17.2 Å². The first kappa shape index (κ1) is 24.9. The molecule has 1 amide bonds. The number of phenols is 1. The second-order valence-electron chi connectivity index (χ2n) is 8.06. The van der Waals surface area contributed by atoms with E-state index in [2.05, 4.69) is 4.98 Å². The van der Waals surface area contributed by atoms with Gasteiger partial charge in [0, 0.05) is 5.02 Å². The molecule has 1 unspecified atom stereocenters. The Morgan fingerprint density at radius 3 is 2.43 bits per heavy atom. The van der Waals surface area contributed by atoms with E-state index >= 15 is 0 Å². The fraction of sp³-hybridized carbons (Fsp3) is 0.115. The van der Waals surface area contributed by atoms with Crippen LogP contribution in [0.2, 0.25) is 10.0 Å². The monoisotopic (exact) mass is 556 g/mol. The Morgan fingerprint density at radius 1 is 1.03 bits per heavy atom. The highest BCUT2D eigenvalue weighted by atomic mass is 35.5. The van der Waals surface area contributed by atoms with E-state index in [-0.39, 0.29) is 37.8 Å². The van der Waals surface area contributed by atoms with E-state index in [1.807, 2.05) is 0 Å². The summed E-state index contributed by atoms with van der Waals surface area (Å²) in [6, 6.07) is 13.0. The summed E-state index contributed by atoms with van der Waals surface area (Å²) in [4.78, 5) is 32.7. The van der Waals surface area contributed by atoms with Crippen LogP contribution in [0.25, 0.3) is 16.0 Å². The van der Waals surface area contributed by atoms with Gasteiger partial charge >= 0.3 is 5.91 Å². The number of ether oxygens (including phenoxy) is 2. The number of thiazole rings is 1. The second kappa shape index (κ2) is 9.59. The first-order valence-corrected chi connectivity index (χ1v) is 12.4. The Morgan fingerprint density at radius 2 is 1.76 bits per heavy atom. The molecule has 2 heterocycles. The number of rotatable bonds is 5. The molecule has 188 valence electrons. The van der Waals surface area contributed by atoms with Gasteiger partial charge in [0.05, 0.1) is 46.6 Å². The van der Waals surface area contributed by atoms with Gasteiger partial charge in [0.2, 0.25) is 0 Å². The third kappa shape index (κ3) is 4.25. The van der Waals surface area contributed by atoms with Crippen molar-refractivity contribution in [1.82, 2.24) is 4.98 Å². The molecule has 1 aromatic heterocycles. The van der Waals surface area contributed by atoms with Gasteiger partial charge in [-0.2, -0.15) is 0 Å². The highest BCUT2D eigenvalue weighted by Crippen LogP contribution is 2.46. The van der Waals surface area contributed by atoms with Crippen molar-refractivity contribution >= 4 is 67.3 Å². The van der Waals surface area contributed by atoms with Crippen LogP contribution in [0, 0.1) is 0 Å². The Hall–Kier alpha value is -3.79. The third-order valence-electron chi connectivity index (χ3n) is 5.91. The molecule has 5 rings (SSSR count). The van der Waals surface area contributed by atoms with Crippen LogP contribution in [0.15, 0.2) is 60.2 Å². The van der Waals surface area contributed by atoms with Gasteiger partial charge in [0.25, 0.3) is 5.78 Å². The van der Waals surface area contributed by atoms with Gasteiger partial charge in [-0.15, -0.1) is 0 Å². The molecule has 1 aliphatic heterocycles. The van der Waals surface area contributed by atoms with Crippen molar-refractivity contribution in [3.8, 4) is 17.2 Å². The zero-order valence-corrected chi connectivity index (χ0v) is 21.7. The van der Waals surface area contributed by atoms with Crippen molar-refractivity contribution in [3.63, 3.8) is 0 Å². The molecule has 2 N–H and O–H groups in total. The van der Waals surface area contributed by atoms with Crippen LogP contribution in [0.4, 0.5) is 5.13 Å². The lowest BCUT2D eigenvalue weighted by molar-refractivity contribution is -0.132. The zero-order valence-electron chi connectivity index (χ0n) is 19.4. The van der Waals surface area contributed by atoms with Crippen LogP contribution in [-0.4, -0.2) is 41.1 Å². The number of benzene rings is 3. The molecule has 0 aliphatic carbocycles. The standard InChI is InChI=1S/C26H18Cl2N2O6S/c1-35-15-7-8-18-19(11-15)37-26(29-18)30-21(12-3-5-14(31)6-4-12)20(23(33)25(30)34)22(32)16-9-13(27)10-17(28)24(16)36-2/h3-11,21,31-32H,1-2H3/b22-20+. The lowest BCUT2D eigenvalue weighted by Crippen LogP contribution is -2.29. The highest BCUT2D eigenvalue weighted by molar-refractivity contribution is 7.22. The minimum Gasteiger partial charge on any atom is -0.508 e. The molecule has 8 nitrogen and oxygen atoms in total. The van der Waals surface area contributed by atoms with Crippen molar-refractivity contribution in [2.75, 3.05) is 19.1 Å². The number of aromatic nitrogens is 1. The fourth-order valence-electron chi connectivity index (χ4n) is 4.21. The van der Waals surface area contributed by atoms with E-state index in [0.717, 1.165) is 4.70 Å². The summed E-state index contributed by atoms with van der Waals surface area (Å²) < 4.78 is 11.4. The van der Waals surface area contributed by atoms with Gasteiger partial charge in [0.15, 0.2) is 5.13 Å². The van der Waals surface area contributed by atoms with Crippen LogP contribution < -0.4 is 14.4 Å². The largest absolute Gasteiger partial charge is 0.508 e. The number of halogens is 2. The minimum atomic E-state index is -1.06. The summed E-state index contributed by atoms with van der Waals surface area (Å²) in [5.74, 6) is -1.61. The molecule has 37 heavy (non-hydrogen) atoms. The average Bonchev–Trinajstić information content (AvgIpc) is 3.41. The maximum Gasteiger partial charge on any atom is 0.301 e. The predicted molar refractivity (Wildman–Crippen MR) is 142 cm³/mol. The first-order valence-electron chi connectivity index (χ1n) is 10.8. The Bertz CT molecular complexity index is 1600. The molecular weight excluding hydrogens is 539 g/mol. The number of aromatic hydroxyl groups is 1. The van der Waals surface area contributed by atoms with E-state index < -0.39 is 23.5 Å². The first-order chi connectivity index (χ1) is 17.7. The van der Waals surface area contributed by atoms with E-state index in [0.29, 0.717) is 16.8 Å². The van der Waals surface area contributed by atoms with Gasteiger partial charge in [-0.25, -0.2) is 4.98 Å². The van der Waals surface area contributed by atoms with Crippen molar-refractivity contribution in [3.05, 3.63) is 81.3 Å². The lowest BCUT2D eigenvalue weighted by atomic mass is 9.95. The van der Waals surface area contributed by atoms with E-state index in [4.69, 9.17) is 32.7 Å². The number of methoxy groups -OCH3 is 2. The molecule has 1 aliphatic rings. The van der Waals surface area contributed by atoms with Crippen molar-refractivity contribution in [1.29, 1.82) is 0 Å². The molecule has 4 aromatic rings. The number of nitrogens with zero attached hydrogens (tertiary/aromatic N) is 2. The molecule has 11 heteroatoms. The molecule has 0 saturated carbocycles. The predicted octanol–water partition coefficient (Wildman–Crippen LogP) is 5.95.